The maximum atomic E-state index is 13.6. The first-order chi connectivity index (χ1) is 15.5. The van der Waals surface area contributed by atoms with Crippen LogP contribution in [0.25, 0.3) is 0 Å². The molecule has 0 bridgehead atoms. The normalized spacial score (nSPS) is 21.5. The van der Waals surface area contributed by atoms with Crippen molar-refractivity contribution in [3.63, 3.8) is 0 Å². The van der Waals surface area contributed by atoms with E-state index in [1.54, 1.807) is 6.92 Å². The fourth-order valence-corrected chi connectivity index (χ4v) is 5.29. The zero-order valence-corrected chi connectivity index (χ0v) is 19.0. The summed E-state index contributed by atoms with van der Waals surface area (Å²) in [5.74, 6) is 0.676. The Morgan fingerprint density at radius 1 is 0.812 bits per heavy atom. The van der Waals surface area contributed by atoms with Gasteiger partial charge >= 0.3 is 6.03 Å². The minimum atomic E-state index is -0.110. The Bertz CT molecular complexity index is 795. The molecule has 0 unspecified atom stereocenters. The molecule has 8 nitrogen and oxygen atoms in total. The van der Waals surface area contributed by atoms with Crippen molar-refractivity contribution in [3.05, 3.63) is 30.3 Å². The molecule has 1 atom stereocenters. The van der Waals surface area contributed by atoms with Gasteiger partial charge in [0.25, 0.3) is 0 Å². The number of piperazine rings is 2. The molecule has 2 heterocycles. The molecule has 2 aliphatic heterocycles. The third-order valence-electron chi connectivity index (χ3n) is 7.16. The molecule has 8 heteroatoms. The van der Waals surface area contributed by atoms with Crippen LogP contribution in [0.2, 0.25) is 0 Å². The molecular weight excluding hydrogens is 406 g/mol. The average molecular weight is 442 g/mol. The minimum absolute atomic E-state index is 0.0781. The van der Waals surface area contributed by atoms with Gasteiger partial charge in [0, 0.05) is 65.0 Å². The molecule has 1 N–H and O–H groups in total. The van der Waals surface area contributed by atoms with E-state index in [2.05, 4.69) is 10.2 Å². The summed E-state index contributed by atoms with van der Waals surface area (Å²) in [5, 5.41) is 2.96. The van der Waals surface area contributed by atoms with Crippen LogP contribution in [0.4, 0.5) is 10.5 Å². The lowest BCUT2D eigenvalue weighted by Crippen LogP contribution is -2.61. The number of carbonyl (C=O) groups is 3. The predicted octanol–water partition coefficient (Wildman–Crippen LogP) is 2.09. The molecule has 32 heavy (non-hydrogen) atoms. The lowest BCUT2D eigenvalue weighted by atomic mass is 9.94. The van der Waals surface area contributed by atoms with Crippen molar-refractivity contribution in [3.8, 4) is 0 Å². The standard InChI is InChI=1S/C24H35N5O3/c1-19(30)26-11-15-28(16-12-26)23(31)22(20-7-5-6-8-20)27-13-17-29(18-14-27)24(32)25-21-9-3-2-4-10-21/h2-4,9-10,20,22H,5-8,11-18H2,1H3,(H,25,32)/t22-/m1/s1. The van der Waals surface area contributed by atoms with Gasteiger partial charge < -0.3 is 20.0 Å². The summed E-state index contributed by atoms with van der Waals surface area (Å²) in [6, 6.07) is 9.31. The van der Waals surface area contributed by atoms with Gasteiger partial charge in [-0.3, -0.25) is 14.5 Å². The Hall–Kier alpha value is -2.61. The smallest absolute Gasteiger partial charge is 0.321 e. The van der Waals surface area contributed by atoms with Gasteiger partial charge in [-0.2, -0.15) is 0 Å². The maximum Gasteiger partial charge on any atom is 0.321 e. The lowest BCUT2D eigenvalue weighted by Gasteiger charge is -2.43. The number of para-hydroxylation sites is 1. The fraction of sp³-hybridized carbons (Fsp3) is 0.625. The van der Waals surface area contributed by atoms with E-state index in [-0.39, 0.29) is 23.9 Å². The highest BCUT2D eigenvalue weighted by Gasteiger charge is 2.40. The second-order valence-corrected chi connectivity index (χ2v) is 9.14. The van der Waals surface area contributed by atoms with E-state index in [1.807, 2.05) is 45.0 Å². The molecule has 3 aliphatic rings. The number of carbonyl (C=O) groups excluding carboxylic acids is 3. The van der Waals surface area contributed by atoms with Crippen molar-refractivity contribution in [2.24, 2.45) is 5.92 Å². The Balaban J connectivity index is 1.36. The number of nitrogens with one attached hydrogen (secondary N) is 1. The van der Waals surface area contributed by atoms with Gasteiger partial charge in [0.05, 0.1) is 6.04 Å². The van der Waals surface area contributed by atoms with E-state index in [0.717, 1.165) is 18.5 Å². The summed E-state index contributed by atoms with van der Waals surface area (Å²) in [6.45, 7) is 6.71. The lowest BCUT2D eigenvalue weighted by molar-refractivity contribution is -0.144. The summed E-state index contributed by atoms with van der Waals surface area (Å²) < 4.78 is 0. The fourth-order valence-electron chi connectivity index (χ4n) is 5.29. The number of nitrogens with zero attached hydrogens (tertiary/aromatic N) is 4. The molecule has 2 saturated heterocycles. The number of amides is 4. The van der Waals surface area contributed by atoms with Crippen LogP contribution in [0.1, 0.15) is 32.6 Å². The molecule has 1 aromatic rings. The molecular formula is C24H35N5O3. The van der Waals surface area contributed by atoms with Gasteiger partial charge in [-0.05, 0) is 30.9 Å². The second kappa shape index (κ2) is 10.3. The average Bonchev–Trinajstić information content (AvgIpc) is 3.34. The quantitative estimate of drug-likeness (QED) is 0.776. The molecule has 1 aromatic carbocycles. The molecule has 3 fully saturated rings. The second-order valence-electron chi connectivity index (χ2n) is 9.14. The molecule has 1 saturated carbocycles. The highest BCUT2D eigenvalue weighted by molar-refractivity contribution is 5.89. The Labute approximate surface area is 190 Å². The molecule has 174 valence electrons. The van der Waals surface area contributed by atoms with Crippen LogP contribution in [-0.4, -0.2) is 95.8 Å². The van der Waals surface area contributed by atoms with E-state index in [0.29, 0.717) is 58.3 Å². The highest BCUT2D eigenvalue weighted by atomic mass is 16.2. The van der Waals surface area contributed by atoms with Crippen molar-refractivity contribution in [2.45, 2.75) is 38.6 Å². The summed E-state index contributed by atoms with van der Waals surface area (Å²) in [7, 11) is 0. The third kappa shape index (κ3) is 5.23. The van der Waals surface area contributed by atoms with Gasteiger partial charge in [0.15, 0.2) is 0 Å². The van der Waals surface area contributed by atoms with E-state index >= 15 is 0 Å². The summed E-state index contributed by atoms with van der Waals surface area (Å²) in [6.07, 6.45) is 4.56. The van der Waals surface area contributed by atoms with Crippen LogP contribution >= 0.6 is 0 Å². The molecule has 0 aromatic heterocycles. The molecule has 0 radical (unpaired) electrons. The van der Waals surface area contributed by atoms with Crippen LogP contribution in [0.3, 0.4) is 0 Å². The zero-order chi connectivity index (χ0) is 22.5. The SMILES string of the molecule is CC(=O)N1CCN(C(=O)[C@@H](C2CCCC2)N2CCN(C(=O)Nc3ccccc3)CC2)CC1. The number of hydrogen-bond acceptors (Lipinski definition) is 4. The first-order valence-electron chi connectivity index (χ1n) is 11.9. The van der Waals surface area contributed by atoms with Crippen molar-refractivity contribution < 1.29 is 14.4 Å². The molecule has 4 amide bonds. The highest BCUT2D eigenvalue weighted by Crippen LogP contribution is 2.32. The van der Waals surface area contributed by atoms with Gasteiger partial charge in [0.1, 0.15) is 0 Å². The first-order valence-corrected chi connectivity index (χ1v) is 11.9. The largest absolute Gasteiger partial charge is 0.339 e. The molecule has 1 aliphatic carbocycles. The van der Waals surface area contributed by atoms with Crippen LogP contribution in [0.15, 0.2) is 30.3 Å². The number of hydrogen-bond donors (Lipinski definition) is 1. The first kappa shape index (κ1) is 22.6. The van der Waals surface area contributed by atoms with Crippen molar-refractivity contribution in [1.82, 2.24) is 19.6 Å². The van der Waals surface area contributed by atoms with Gasteiger partial charge in [-0.15, -0.1) is 0 Å². The number of benzene rings is 1. The summed E-state index contributed by atoms with van der Waals surface area (Å²) in [5.41, 5.74) is 0.795. The van der Waals surface area contributed by atoms with Crippen LogP contribution < -0.4 is 5.32 Å². The van der Waals surface area contributed by atoms with E-state index in [9.17, 15) is 14.4 Å². The monoisotopic (exact) mass is 441 g/mol. The maximum absolute atomic E-state index is 13.6. The van der Waals surface area contributed by atoms with E-state index in [4.69, 9.17) is 0 Å². The van der Waals surface area contributed by atoms with Crippen LogP contribution in [0, 0.1) is 5.92 Å². The van der Waals surface area contributed by atoms with Crippen molar-refractivity contribution in [1.29, 1.82) is 0 Å². The summed E-state index contributed by atoms with van der Waals surface area (Å²) in [4.78, 5) is 45.8. The zero-order valence-electron chi connectivity index (χ0n) is 19.0. The van der Waals surface area contributed by atoms with Crippen LogP contribution in [-0.2, 0) is 9.59 Å². The van der Waals surface area contributed by atoms with Crippen molar-refractivity contribution >= 4 is 23.5 Å². The molecule has 0 spiro atoms. The number of rotatable bonds is 4. The van der Waals surface area contributed by atoms with Crippen LogP contribution in [0.5, 0.6) is 0 Å². The summed E-state index contributed by atoms with van der Waals surface area (Å²) >= 11 is 0. The topological polar surface area (TPSA) is 76.2 Å². The van der Waals surface area contributed by atoms with Crippen molar-refractivity contribution in [2.75, 3.05) is 57.7 Å². The molecule has 4 rings (SSSR count). The third-order valence-corrected chi connectivity index (χ3v) is 7.16. The minimum Gasteiger partial charge on any atom is -0.339 e. The number of anilines is 1. The Morgan fingerprint density at radius 3 is 1.97 bits per heavy atom. The van der Waals surface area contributed by atoms with Gasteiger partial charge in [-0.25, -0.2) is 4.79 Å². The number of urea groups is 1. The Kier molecular flexibility index (Phi) is 7.29. The van der Waals surface area contributed by atoms with E-state index < -0.39 is 0 Å². The van der Waals surface area contributed by atoms with Gasteiger partial charge in [0.2, 0.25) is 11.8 Å². The van der Waals surface area contributed by atoms with E-state index in [1.165, 1.54) is 12.8 Å². The van der Waals surface area contributed by atoms with Gasteiger partial charge in [-0.1, -0.05) is 31.0 Å². The Morgan fingerprint density at radius 2 is 1.38 bits per heavy atom. The predicted molar refractivity (Wildman–Crippen MR) is 123 cm³/mol.